The number of hydrogen-bond donors (Lipinski definition) is 1. The summed E-state index contributed by atoms with van der Waals surface area (Å²) in [5.74, 6) is 0.906. The molecule has 0 aliphatic carbocycles. The Kier molecular flexibility index (Phi) is 3.03. The third kappa shape index (κ3) is 2.36. The number of nitrogens with two attached hydrogens (primary N) is 1. The van der Waals surface area contributed by atoms with Crippen LogP contribution in [0.15, 0.2) is 16.6 Å². The molecular weight excluding hydrogens is 278 g/mol. The van der Waals surface area contributed by atoms with Gasteiger partial charge in [-0.3, -0.25) is 0 Å². The van der Waals surface area contributed by atoms with E-state index in [0.29, 0.717) is 0 Å². The molecule has 1 aliphatic rings. The molecule has 3 heteroatoms. The average Bonchev–Trinajstić information content (AvgIpc) is 2.17. The lowest BCUT2D eigenvalue weighted by molar-refractivity contribution is 0.0493. The summed E-state index contributed by atoms with van der Waals surface area (Å²) >= 11 is 3.60. The minimum Gasteiger partial charge on any atom is -0.486 e. The summed E-state index contributed by atoms with van der Waals surface area (Å²) in [6, 6.07) is 4.30. The molecule has 0 saturated heterocycles. The van der Waals surface area contributed by atoms with Gasteiger partial charge in [0.2, 0.25) is 0 Å². The van der Waals surface area contributed by atoms with Crippen molar-refractivity contribution in [3.63, 3.8) is 0 Å². The van der Waals surface area contributed by atoms with Crippen LogP contribution in [0.2, 0.25) is 0 Å². The molecule has 0 fully saturated rings. The van der Waals surface area contributed by atoms with Crippen LogP contribution in [0.3, 0.4) is 0 Å². The SMILES string of the molecule is CCc1cc(Br)c2c(c1)C(C)(N)CC(C)(C)O2. The minimum absolute atomic E-state index is 0.216. The van der Waals surface area contributed by atoms with Gasteiger partial charge in [0.15, 0.2) is 0 Å². The van der Waals surface area contributed by atoms with Crippen LogP contribution >= 0.6 is 15.9 Å². The van der Waals surface area contributed by atoms with Gasteiger partial charge >= 0.3 is 0 Å². The average molecular weight is 298 g/mol. The molecule has 1 atom stereocenters. The van der Waals surface area contributed by atoms with Crippen molar-refractivity contribution in [3.8, 4) is 5.75 Å². The molecule has 0 radical (unpaired) electrons. The molecule has 1 aromatic rings. The molecule has 0 amide bonds. The maximum absolute atomic E-state index is 6.46. The quantitative estimate of drug-likeness (QED) is 0.857. The van der Waals surface area contributed by atoms with Crippen LogP contribution in [0.4, 0.5) is 0 Å². The maximum atomic E-state index is 6.46. The van der Waals surface area contributed by atoms with Gasteiger partial charge in [-0.25, -0.2) is 0 Å². The summed E-state index contributed by atoms with van der Waals surface area (Å²) in [6.07, 6.45) is 1.83. The lowest BCUT2D eigenvalue weighted by atomic mass is 9.79. The van der Waals surface area contributed by atoms with Crippen molar-refractivity contribution in [1.82, 2.24) is 0 Å². The van der Waals surface area contributed by atoms with Crippen LogP contribution in [-0.4, -0.2) is 5.60 Å². The molecular formula is C14H20BrNO. The highest BCUT2D eigenvalue weighted by Crippen LogP contribution is 2.45. The number of ether oxygens (including phenoxy) is 1. The monoisotopic (exact) mass is 297 g/mol. The van der Waals surface area contributed by atoms with E-state index in [0.717, 1.165) is 28.6 Å². The second-order valence-corrected chi connectivity index (χ2v) is 6.62. The zero-order valence-electron chi connectivity index (χ0n) is 10.9. The van der Waals surface area contributed by atoms with E-state index in [2.05, 4.69) is 55.8 Å². The first-order valence-corrected chi connectivity index (χ1v) is 6.85. The summed E-state index contributed by atoms with van der Waals surface area (Å²) in [5, 5.41) is 0. The van der Waals surface area contributed by atoms with Crippen molar-refractivity contribution in [3.05, 3.63) is 27.7 Å². The second-order valence-electron chi connectivity index (χ2n) is 5.76. The van der Waals surface area contributed by atoms with Gasteiger partial charge in [0.1, 0.15) is 11.4 Å². The van der Waals surface area contributed by atoms with E-state index in [1.54, 1.807) is 0 Å². The number of halogens is 1. The predicted octanol–water partition coefficient (Wildman–Crippen LogP) is 3.75. The van der Waals surface area contributed by atoms with E-state index in [9.17, 15) is 0 Å². The lowest BCUT2D eigenvalue weighted by Gasteiger charge is -2.42. The van der Waals surface area contributed by atoms with Gasteiger partial charge in [-0.2, -0.15) is 0 Å². The van der Waals surface area contributed by atoms with Crippen LogP contribution in [0.1, 0.15) is 45.2 Å². The van der Waals surface area contributed by atoms with Crippen molar-refractivity contribution >= 4 is 15.9 Å². The predicted molar refractivity (Wildman–Crippen MR) is 74.4 cm³/mol. The number of aryl methyl sites for hydroxylation is 1. The Labute approximate surface area is 112 Å². The fraction of sp³-hybridized carbons (Fsp3) is 0.571. The molecule has 2 N–H and O–H groups in total. The Hall–Kier alpha value is -0.540. The van der Waals surface area contributed by atoms with Crippen LogP contribution in [-0.2, 0) is 12.0 Å². The summed E-state index contributed by atoms with van der Waals surface area (Å²) in [5.41, 5.74) is 8.31. The molecule has 94 valence electrons. The van der Waals surface area contributed by atoms with Gasteiger partial charge in [-0.05, 0) is 54.8 Å². The smallest absolute Gasteiger partial charge is 0.139 e. The van der Waals surface area contributed by atoms with Gasteiger partial charge in [0.05, 0.1) is 4.47 Å². The standard InChI is InChI=1S/C14H20BrNO/c1-5-9-6-10-12(11(15)7-9)17-13(2,3)8-14(10,4)16/h6-7H,5,8,16H2,1-4H3. The fourth-order valence-corrected chi connectivity index (χ4v) is 3.26. The third-order valence-corrected chi connectivity index (χ3v) is 3.89. The Bertz CT molecular complexity index is 452. The van der Waals surface area contributed by atoms with Crippen molar-refractivity contribution in [1.29, 1.82) is 0 Å². The van der Waals surface area contributed by atoms with Gasteiger partial charge < -0.3 is 10.5 Å². The second kappa shape index (κ2) is 3.99. The maximum Gasteiger partial charge on any atom is 0.139 e. The third-order valence-electron chi connectivity index (χ3n) is 3.30. The van der Waals surface area contributed by atoms with Crippen LogP contribution in [0, 0.1) is 0 Å². The largest absolute Gasteiger partial charge is 0.486 e. The summed E-state index contributed by atoms with van der Waals surface area (Å²) < 4.78 is 7.07. The zero-order valence-corrected chi connectivity index (χ0v) is 12.5. The molecule has 17 heavy (non-hydrogen) atoms. The van der Waals surface area contributed by atoms with Crippen molar-refractivity contribution in [2.75, 3.05) is 0 Å². The lowest BCUT2D eigenvalue weighted by Crippen LogP contribution is -2.47. The Morgan fingerprint density at radius 1 is 1.35 bits per heavy atom. The molecule has 1 heterocycles. The molecule has 1 aromatic carbocycles. The molecule has 2 nitrogen and oxygen atoms in total. The molecule has 1 aliphatic heterocycles. The summed E-state index contributed by atoms with van der Waals surface area (Å²) in [6.45, 7) is 8.40. The summed E-state index contributed by atoms with van der Waals surface area (Å²) in [7, 11) is 0. The highest BCUT2D eigenvalue weighted by atomic mass is 79.9. The number of hydrogen-bond acceptors (Lipinski definition) is 2. The van der Waals surface area contributed by atoms with Crippen LogP contribution < -0.4 is 10.5 Å². The van der Waals surface area contributed by atoms with Crippen LogP contribution in [0.5, 0.6) is 5.75 Å². The minimum atomic E-state index is -0.329. The van der Waals surface area contributed by atoms with E-state index in [1.165, 1.54) is 5.56 Å². The Morgan fingerprint density at radius 3 is 2.59 bits per heavy atom. The van der Waals surface area contributed by atoms with Crippen molar-refractivity contribution in [2.24, 2.45) is 5.73 Å². The number of rotatable bonds is 1. The van der Waals surface area contributed by atoms with Gasteiger partial charge in [0.25, 0.3) is 0 Å². The highest BCUT2D eigenvalue weighted by molar-refractivity contribution is 9.10. The molecule has 1 unspecified atom stereocenters. The van der Waals surface area contributed by atoms with Gasteiger partial charge in [-0.1, -0.05) is 13.0 Å². The van der Waals surface area contributed by atoms with Crippen LogP contribution in [0.25, 0.3) is 0 Å². The number of benzene rings is 1. The Morgan fingerprint density at radius 2 is 2.00 bits per heavy atom. The van der Waals surface area contributed by atoms with Crippen molar-refractivity contribution < 1.29 is 4.74 Å². The van der Waals surface area contributed by atoms with E-state index < -0.39 is 0 Å². The van der Waals surface area contributed by atoms with E-state index in [-0.39, 0.29) is 11.1 Å². The topological polar surface area (TPSA) is 35.2 Å². The highest BCUT2D eigenvalue weighted by Gasteiger charge is 2.40. The molecule has 0 saturated carbocycles. The fourth-order valence-electron chi connectivity index (χ4n) is 2.67. The Balaban J connectivity index is 2.61. The van der Waals surface area contributed by atoms with E-state index in [1.807, 2.05) is 0 Å². The van der Waals surface area contributed by atoms with Gasteiger partial charge in [0, 0.05) is 17.5 Å². The first kappa shape index (κ1) is 12.9. The van der Waals surface area contributed by atoms with Crippen molar-refractivity contribution in [2.45, 2.75) is 51.7 Å². The summed E-state index contributed by atoms with van der Waals surface area (Å²) in [4.78, 5) is 0. The van der Waals surface area contributed by atoms with Gasteiger partial charge in [-0.15, -0.1) is 0 Å². The number of fused-ring (bicyclic) bond motifs is 1. The molecule has 2 rings (SSSR count). The first-order valence-electron chi connectivity index (χ1n) is 6.06. The molecule has 0 aromatic heterocycles. The molecule has 0 bridgehead atoms. The zero-order chi connectivity index (χ0) is 12.8. The van der Waals surface area contributed by atoms with E-state index >= 15 is 0 Å². The van der Waals surface area contributed by atoms with E-state index in [4.69, 9.17) is 10.5 Å². The normalized spacial score (nSPS) is 26.2. The first-order chi connectivity index (χ1) is 7.75. The molecule has 0 spiro atoms.